The molecular weight excluding hydrogens is 357 g/mol. The third-order valence-corrected chi connectivity index (χ3v) is 3.32. The second-order valence-corrected chi connectivity index (χ2v) is 4.63. The van der Waals surface area contributed by atoms with E-state index in [1.807, 2.05) is 22.6 Å². The molecule has 0 bridgehead atoms. The molecule has 1 aromatic carbocycles. The van der Waals surface area contributed by atoms with Gasteiger partial charge in [0.1, 0.15) is 6.61 Å². The zero-order valence-electron chi connectivity index (χ0n) is 9.05. The molecule has 0 aliphatic rings. The van der Waals surface area contributed by atoms with Gasteiger partial charge >= 0.3 is 0 Å². The van der Waals surface area contributed by atoms with E-state index in [4.69, 9.17) is 9.94 Å². The molecule has 0 saturated heterocycles. The van der Waals surface area contributed by atoms with Crippen LogP contribution in [0.5, 0.6) is 5.88 Å². The van der Waals surface area contributed by atoms with Crippen LogP contribution in [0.15, 0.2) is 30.5 Å². The van der Waals surface area contributed by atoms with Crippen LogP contribution in [0, 0.1) is 3.57 Å². The fourth-order valence-corrected chi connectivity index (χ4v) is 2.13. The van der Waals surface area contributed by atoms with E-state index in [-0.39, 0.29) is 18.1 Å². The molecule has 18 heavy (non-hydrogen) atoms. The number of benzene rings is 1. The van der Waals surface area contributed by atoms with Crippen LogP contribution in [0.25, 0.3) is 0 Å². The van der Waals surface area contributed by atoms with E-state index in [1.54, 1.807) is 12.1 Å². The third-order valence-electron chi connectivity index (χ3n) is 2.31. The highest BCUT2D eigenvalue weighted by atomic mass is 127. The van der Waals surface area contributed by atoms with Crippen LogP contribution in [0.4, 0.5) is 8.78 Å². The minimum absolute atomic E-state index is 0.0181. The summed E-state index contributed by atoms with van der Waals surface area (Å²) in [5, 5.41) is 12.5. The van der Waals surface area contributed by atoms with E-state index < -0.39 is 6.43 Å². The lowest BCUT2D eigenvalue weighted by Gasteiger charge is -2.11. The lowest BCUT2D eigenvalue weighted by molar-refractivity contribution is 0.138. The van der Waals surface area contributed by atoms with E-state index in [1.165, 1.54) is 18.3 Å². The minimum Gasteiger partial charge on any atom is -0.472 e. The first-order chi connectivity index (χ1) is 8.58. The molecule has 1 heterocycles. The maximum Gasteiger partial charge on any atom is 0.264 e. The molecular formula is C11H9F2IN2O2. The summed E-state index contributed by atoms with van der Waals surface area (Å²) >= 11 is 1.98. The maximum absolute atomic E-state index is 12.8. The van der Waals surface area contributed by atoms with Crippen LogP contribution in [-0.4, -0.2) is 15.2 Å². The van der Waals surface area contributed by atoms with E-state index in [9.17, 15) is 8.78 Å². The zero-order chi connectivity index (χ0) is 13.1. The Bertz CT molecular complexity index is 546. The third kappa shape index (κ3) is 2.89. The van der Waals surface area contributed by atoms with Gasteiger partial charge in [-0.2, -0.15) is 0 Å². The Morgan fingerprint density at radius 3 is 2.78 bits per heavy atom. The Hall–Kier alpha value is -1.38. The Balaban J connectivity index is 2.18. The van der Waals surface area contributed by atoms with Crippen LogP contribution in [0.1, 0.15) is 17.6 Å². The molecule has 2 rings (SSSR count). The molecule has 1 aromatic heterocycles. The Kier molecular flexibility index (Phi) is 4.00. The molecule has 0 atom stereocenters. The fourth-order valence-electron chi connectivity index (χ4n) is 1.45. The molecule has 0 saturated carbocycles. The van der Waals surface area contributed by atoms with Gasteiger partial charge in [-0.25, -0.2) is 8.78 Å². The summed E-state index contributed by atoms with van der Waals surface area (Å²) in [6, 6.07) is 6.12. The number of aromatic nitrogens is 2. The molecule has 0 aliphatic carbocycles. The topological polar surface area (TPSA) is 47.3 Å². The SMILES string of the molecule is On1ccc(OCc2c(I)cccc2C(F)F)n1. The van der Waals surface area contributed by atoms with Crippen molar-refractivity contribution in [3.8, 4) is 5.88 Å². The van der Waals surface area contributed by atoms with Gasteiger partial charge in [-0.1, -0.05) is 17.2 Å². The van der Waals surface area contributed by atoms with Gasteiger partial charge in [0, 0.05) is 20.8 Å². The Morgan fingerprint density at radius 2 is 2.17 bits per heavy atom. The first-order valence-corrected chi connectivity index (χ1v) is 6.09. The molecule has 0 radical (unpaired) electrons. The van der Waals surface area contributed by atoms with Crippen molar-refractivity contribution < 1.29 is 18.7 Å². The number of rotatable bonds is 4. The van der Waals surface area contributed by atoms with Gasteiger partial charge < -0.3 is 9.94 Å². The quantitative estimate of drug-likeness (QED) is 0.668. The first-order valence-electron chi connectivity index (χ1n) is 5.01. The van der Waals surface area contributed by atoms with Crippen molar-refractivity contribution in [2.75, 3.05) is 0 Å². The predicted molar refractivity (Wildman–Crippen MR) is 67.9 cm³/mol. The molecule has 1 N–H and O–H groups in total. The number of alkyl halides is 2. The summed E-state index contributed by atoms with van der Waals surface area (Å²) in [6.45, 7) is -0.0181. The monoisotopic (exact) mass is 366 g/mol. The summed E-state index contributed by atoms with van der Waals surface area (Å²) in [5.74, 6) is 0.178. The van der Waals surface area contributed by atoms with Crippen LogP contribution in [-0.2, 0) is 6.61 Å². The molecule has 0 fully saturated rings. The highest BCUT2D eigenvalue weighted by molar-refractivity contribution is 14.1. The number of nitrogens with zero attached hydrogens (tertiary/aromatic N) is 2. The fraction of sp³-hybridized carbons (Fsp3) is 0.182. The maximum atomic E-state index is 12.8. The van der Waals surface area contributed by atoms with Gasteiger partial charge in [-0.3, -0.25) is 0 Å². The lowest BCUT2D eigenvalue weighted by Crippen LogP contribution is -2.04. The summed E-state index contributed by atoms with van der Waals surface area (Å²) in [7, 11) is 0. The van der Waals surface area contributed by atoms with Crippen LogP contribution < -0.4 is 4.74 Å². The molecule has 0 unspecified atom stereocenters. The molecule has 96 valence electrons. The zero-order valence-corrected chi connectivity index (χ0v) is 11.2. The van der Waals surface area contributed by atoms with Crippen LogP contribution in [0.3, 0.4) is 0 Å². The van der Waals surface area contributed by atoms with E-state index in [0.29, 0.717) is 14.0 Å². The summed E-state index contributed by atoms with van der Waals surface area (Å²) < 4.78 is 31.6. The van der Waals surface area contributed by atoms with Gasteiger partial charge in [0.15, 0.2) is 0 Å². The van der Waals surface area contributed by atoms with Crippen molar-refractivity contribution in [2.45, 2.75) is 13.0 Å². The Labute approximate surface area is 115 Å². The normalized spacial score (nSPS) is 10.9. The Morgan fingerprint density at radius 1 is 1.39 bits per heavy atom. The second-order valence-electron chi connectivity index (χ2n) is 3.47. The van der Waals surface area contributed by atoms with Crippen molar-refractivity contribution in [3.63, 3.8) is 0 Å². The first kappa shape index (κ1) is 13.1. The molecule has 0 aliphatic heterocycles. The second kappa shape index (κ2) is 5.51. The van der Waals surface area contributed by atoms with Crippen molar-refractivity contribution in [2.24, 2.45) is 0 Å². The summed E-state index contributed by atoms with van der Waals surface area (Å²) in [5.41, 5.74) is 0.380. The molecule has 4 nitrogen and oxygen atoms in total. The highest BCUT2D eigenvalue weighted by Gasteiger charge is 2.15. The van der Waals surface area contributed by atoms with Gasteiger partial charge in [0.25, 0.3) is 6.43 Å². The number of hydrogen-bond donors (Lipinski definition) is 1. The van der Waals surface area contributed by atoms with Crippen LogP contribution in [0.2, 0.25) is 0 Å². The average molecular weight is 366 g/mol. The van der Waals surface area contributed by atoms with Gasteiger partial charge in [0.05, 0.1) is 6.20 Å². The largest absolute Gasteiger partial charge is 0.472 e. The van der Waals surface area contributed by atoms with E-state index >= 15 is 0 Å². The molecule has 0 spiro atoms. The van der Waals surface area contributed by atoms with Crippen molar-refractivity contribution >= 4 is 22.6 Å². The summed E-state index contributed by atoms with van der Waals surface area (Å²) in [6.07, 6.45) is -1.26. The highest BCUT2D eigenvalue weighted by Crippen LogP contribution is 2.27. The van der Waals surface area contributed by atoms with E-state index in [2.05, 4.69) is 5.10 Å². The minimum atomic E-state index is -2.55. The van der Waals surface area contributed by atoms with E-state index in [0.717, 1.165) is 0 Å². The van der Waals surface area contributed by atoms with Gasteiger partial charge in [-0.15, -0.1) is 4.85 Å². The van der Waals surface area contributed by atoms with Gasteiger partial charge in [-0.05, 0) is 28.7 Å². The number of halogens is 3. The molecule has 2 aromatic rings. The molecule has 7 heteroatoms. The van der Waals surface area contributed by atoms with Crippen molar-refractivity contribution in [1.29, 1.82) is 0 Å². The smallest absolute Gasteiger partial charge is 0.264 e. The van der Waals surface area contributed by atoms with Gasteiger partial charge in [0.2, 0.25) is 5.88 Å². The van der Waals surface area contributed by atoms with Crippen LogP contribution >= 0.6 is 22.6 Å². The standard InChI is InChI=1S/C11H9F2IN2O2/c12-11(13)7-2-1-3-9(14)8(7)6-18-10-4-5-16(17)15-10/h1-5,11,17H,6H2. The lowest BCUT2D eigenvalue weighted by atomic mass is 10.1. The van der Waals surface area contributed by atoms with Crippen molar-refractivity contribution in [1.82, 2.24) is 9.94 Å². The number of hydrogen-bond acceptors (Lipinski definition) is 3. The molecule has 0 amide bonds. The average Bonchev–Trinajstić information content (AvgIpc) is 2.73. The number of ether oxygens (including phenoxy) is 1. The predicted octanol–water partition coefficient (Wildman–Crippen LogP) is 3.24. The summed E-state index contributed by atoms with van der Waals surface area (Å²) in [4.78, 5) is 0.597. The van der Waals surface area contributed by atoms with Crippen molar-refractivity contribution in [3.05, 3.63) is 45.2 Å².